The molecule has 0 unspecified atom stereocenters. The largest absolute Gasteiger partial charge is 0.309 e. The average molecular weight is 285 g/mol. The fraction of sp³-hybridized carbons (Fsp3) is 0.143. The van der Waals surface area contributed by atoms with E-state index in [1.54, 1.807) is 0 Å². The first kappa shape index (κ1) is 13.1. The van der Waals surface area contributed by atoms with Crippen molar-refractivity contribution < 1.29 is 0 Å². The van der Waals surface area contributed by atoms with Gasteiger partial charge in [-0.1, -0.05) is 68.5 Å². The third-order valence-electron chi connectivity index (χ3n) is 4.31. The smallest absolute Gasteiger partial charge is 0.0541 e. The zero-order valence-electron chi connectivity index (χ0n) is 13.0. The van der Waals surface area contributed by atoms with E-state index in [2.05, 4.69) is 97.3 Å². The fourth-order valence-corrected chi connectivity index (χ4v) is 3.16. The molecule has 0 radical (unpaired) electrons. The molecular formula is C21H19N. The average Bonchev–Trinajstić information content (AvgIpc) is 2.74. The second-order valence-electron chi connectivity index (χ2n) is 6.48. The van der Waals surface area contributed by atoms with Crippen molar-refractivity contribution in [2.45, 2.75) is 13.8 Å². The monoisotopic (exact) mass is 285 g/mol. The molecule has 1 aromatic heterocycles. The molecule has 4 rings (SSSR count). The summed E-state index contributed by atoms with van der Waals surface area (Å²) in [7, 11) is 0. The Labute approximate surface area is 130 Å². The molecule has 0 saturated carbocycles. The summed E-state index contributed by atoms with van der Waals surface area (Å²) < 4.78 is 2.35. The van der Waals surface area contributed by atoms with Crippen LogP contribution in [0.4, 0.5) is 0 Å². The number of hydrogen-bond acceptors (Lipinski definition) is 0. The van der Waals surface area contributed by atoms with Crippen molar-refractivity contribution in [1.29, 1.82) is 0 Å². The predicted octanol–water partition coefficient (Wildman–Crippen LogP) is 5.79. The van der Waals surface area contributed by atoms with Crippen molar-refractivity contribution in [3.8, 4) is 0 Å². The predicted molar refractivity (Wildman–Crippen MR) is 95.8 cm³/mol. The Hall–Kier alpha value is -2.54. The second-order valence-corrected chi connectivity index (χ2v) is 6.48. The van der Waals surface area contributed by atoms with Crippen LogP contribution in [0.15, 0.2) is 78.9 Å². The minimum atomic E-state index is 0.0943. The van der Waals surface area contributed by atoms with Gasteiger partial charge in [-0.2, -0.15) is 0 Å². The van der Waals surface area contributed by atoms with Gasteiger partial charge in [0.1, 0.15) is 0 Å². The molecule has 22 heavy (non-hydrogen) atoms. The lowest BCUT2D eigenvalue weighted by Gasteiger charge is -2.13. The van der Waals surface area contributed by atoms with E-state index < -0.39 is 0 Å². The van der Waals surface area contributed by atoms with Gasteiger partial charge in [0.25, 0.3) is 0 Å². The van der Waals surface area contributed by atoms with Gasteiger partial charge < -0.3 is 4.57 Å². The maximum atomic E-state index is 2.35. The van der Waals surface area contributed by atoms with Crippen LogP contribution in [0.3, 0.4) is 0 Å². The standard InChI is InChI=1S/C21H19N/c1-21(2)14-7-8-16(13-15-21)22-19-11-5-3-9-17(19)18-10-4-6-12-20(18)22/h3-15H,1-2H3. The minimum Gasteiger partial charge on any atom is -0.309 e. The Morgan fingerprint density at radius 2 is 1.36 bits per heavy atom. The lowest BCUT2D eigenvalue weighted by atomic mass is 9.93. The van der Waals surface area contributed by atoms with Gasteiger partial charge in [-0.15, -0.1) is 0 Å². The highest BCUT2D eigenvalue weighted by atomic mass is 15.0. The quantitative estimate of drug-likeness (QED) is 0.533. The summed E-state index contributed by atoms with van der Waals surface area (Å²) in [5.74, 6) is 0. The van der Waals surface area contributed by atoms with E-state index in [1.807, 2.05) is 0 Å². The lowest BCUT2D eigenvalue weighted by Crippen LogP contribution is -2.01. The molecule has 1 aliphatic carbocycles. The first-order valence-electron chi connectivity index (χ1n) is 7.73. The van der Waals surface area contributed by atoms with E-state index in [0.717, 1.165) is 0 Å². The van der Waals surface area contributed by atoms with E-state index in [0.29, 0.717) is 0 Å². The highest BCUT2D eigenvalue weighted by molar-refractivity contribution is 6.10. The molecule has 0 atom stereocenters. The third kappa shape index (κ3) is 2.01. The Balaban J connectivity index is 2.06. The van der Waals surface area contributed by atoms with Crippen LogP contribution in [0.25, 0.3) is 27.5 Å². The van der Waals surface area contributed by atoms with E-state index in [9.17, 15) is 0 Å². The van der Waals surface area contributed by atoms with Gasteiger partial charge in [0.05, 0.1) is 11.0 Å². The van der Waals surface area contributed by atoms with Gasteiger partial charge in [-0.3, -0.25) is 0 Å². The number of rotatable bonds is 1. The van der Waals surface area contributed by atoms with Crippen molar-refractivity contribution in [2.24, 2.45) is 5.41 Å². The van der Waals surface area contributed by atoms with E-state index in [-0.39, 0.29) is 5.41 Å². The first-order valence-corrected chi connectivity index (χ1v) is 7.73. The van der Waals surface area contributed by atoms with Gasteiger partial charge in [0.15, 0.2) is 0 Å². The minimum absolute atomic E-state index is 0.0943. The number of benzene rings is 2. The summed E-state index contributed by atoms with van der Waals surface area (Å²) in [6.45, 7) is 4.45. The maximum absolute atomic E-state index is 2.35. The molecule has 0 fully saturated rings. The highest BCUT2D eigenvalue weighted by Gasteiger charge is 2.14. The van der Waals surface area contributed by atoms with Crippen LogP contribution in [-0.4, -0.2) is 4.57 Å². The molecule has 1 aliphatic rings. The van der Waals surface area contributed by atoms with Crippen molar-refractivity contribution in [3.63, 3.8) is 0 Å². The number of nitrogens with zero attached hydrogens (tertiary/aromatic N) is 1. The molecule has 1 heterocycles. The van der Waals surface area contributed by atoms with Crippen LogP contribution >= 0.6 is 0 Å². The van der Waals surface area contributed by atoms with Crippen LogP contribution in [0, 0.1) is 5.41 Å². The summed E-state index contributed by atoms with van der Waals surface area (Å²) in [4.78, 5) is 0. The molecule has 0 saturated heterocycles. The Morgan fingerprint density at radius 3 is 2.00 bits per heavy atom. The molecule has 0 aliphatic heterocycles. The van der Waals surface area contributed by atoms with Crippen LogP contribution in [0.5, 0.6) is 0 Å². The van der Waals surface area contributed by atoms with Crippen LogP contribution < -0.4 is 0 Å². The van der Waals surface area contributed by atoms with E-state index >= 15 is 0 Å². The van der Waals surface area contributed by atoms with Gasteiger partial charge in [-0.25, -0.2) is 0 Å². The molecule has 108 valence electrons. The summed E-state index contributed by atoms with van der Waals surface area (Å²) in [5, 5.41) is 2.61. The van der Waals surface area contributed by atoms with Crippen molar-refractivity contribution in [2.75, 3.05) is 0 Å². The topological polar surface area (TPSA) is 4.93 Å². The zero-order chi connectivity index (χ0) is 15.2. The van der Waals surface area contributed by atoms with E-state index in [1.165, 1.54) is 27.5 Å². The van der Waals surface area contributed by atoms with Gasteiger partial charge >= 0.3 is 0 Å². The van der Waals surface area contributed by atoms with Crippen molar-refractivity contribution in [3.05, 3.63) is 78.9 Å². The molecule has 2 aromatic carbocycles. The fourth-order valence-electron chi connectivity index (χ4n) is 3.16. The Bertz CT molecular complexity index is 895. The summed E-state index contributed by atoms with van der Waals surface area (Å²) in [5.41, 5.74) is 3.82. The highest BCUT2D eigenvalue weighted by Crippen LogP contribution is 2.33. The number of hydrogen-bond donors (Lipinski definition) is 0. The van der Waals surface area contributed by atoms with Crippen molar-refractivity contribution in [1.82, 2.24) is 4.57 Å². The molecule has 1 heteroatoms. The van der Waals surface area contributed by atoms with Gasteiger partial charge in [0, 0.05) is 21.9 Å². The molecule has 0 spiro atoms. The number of allylic oxidation sites excluding steroid dienone is 6. The zero-order valence-corrected chi connectivity index (χ0v) is 13.0. The van der Waals surface area contributed by atoms with E-state index in [4.69, 9.17) is 0 Å². The molecular weight excluding hydrogens is 266 g/mol. The molecule has 0 N–H and O–H groups in total. The normalized spacial score (nSPS) is 16.9. The second kappa shape index (κ2) is 4.74. The van der Waals surface area contributed by atoms with Crippen LogP contribution in [-0.2, 0) is 0 Å². The summed E-state index contributed by atoms with van der Waals surface area (Å²) in [6, 6.07) is 17.2. The third-order valence-corrected chi connectivity index (χ3v) is 4.31. The van der Waals surface area contributed by atoms with Gasteiger partial charge in [-0.05, 0) is 24.3 Å². The molecule has 0 bridgehead atoms. The Kier molecular flexibility index (Phi) is 2.83. The van der Waals surface area contributed by atoms with Crippen LogP contribution in [0.1, 0.15) is 13.8 Å². The summed E-state index contributed by atoms with van der Waals surface area (Å²) >= 11 is 0. The lowest BCUT2D eigenvalue weighted by molar-refractivity contribution is 0.627. The number of fused-ring (bicyclic) bond motifs is 3. The van der Waals surface area contributed by atoms with Gasteiger partial charge in [0.2, 0.25) is 0 Å². The Morgan fingerprint density at radius 1 is 0.773 bits per heavy atom. The van der Waals surface area contributed by atoms with Crippen molar-refractivity contribution >= 4 is 27.5 Å². The first-order chi connectivity index (χ1) is 10.7. The molecule has 3 aromatic rings. The van der Waals surface area contributed by atoms with Crippen LogP contribution in [0.2, 0.25) is 0 Å². The number of para-hydroxylation sites is 2. The molecule has 1 nitrogen and oxygen atoms in total. The maximum Gasteiger partial charge on any atom is 0.0541 e. The molecule has 0 amide bonds. The number of aromatic nitrogens is 1. The SMILES string of the molecule is CC1(C)C=CC=C(n2c3ccccc3c3ccccc32)C=C1. The summed E-state index contributed by atoms with van der Waals surface area (Å²) in [6.07, 6.45) is 11.1.